The summed E-state index contributed by atoms with van der Waals surface area (Å²) in [5.41, 5.74) is 2.63. The molecule has 33 heavy (non-hydrogen) atoms. The lowest BCUT2D eigenvalue weighted by atomic mass is 10.2. The molecule has 3 aromatic carbocycles. The Kier molecular flexibility index (Phi) is 7.65. The minimum absolute atomic E-state index is 0.128. The van der Waals surface area contributed by atoms with E-state index >= 15 is 0 Å². The maximum atomic E-state index is 12.4. The molecule has 1 amide bonds. The molecule has 0 bridgehead atoms. The van der Waals surface area contributed by atoms with Crippen LogP contribution in [0.25, 0.3) is 10.9 Å². The van der Waals surface area contributed by atoms with Crippen molar-refractivity contribution >= 4 is 51.7 Å². The molecule has 0 radical (unpaired) electrons. The molecule has 168 valence electrons. The second-order valence-corrected chi connectivity index (χ2v) is 8.53. The average molecular weight is 479 g/mol. The third-order valence-electron chi connectivity index (χ3n) is 4.74. The largest absolute Gasteiger partial charge is 0.494 e. The van der Waals surface area contributed by atoms with E-state index in [-0.39, 0.29) is 11.7 Å². The van der Waals surface area contributed by atoms with Crippen LogP contribution < -0.4 is 15.4 Å². The second-order valence-electron chi connectivity index (χ2n) is 7.15. The minimum Gasteiger partial charge on any atom is -0.494 e. The van der Waals surface area contributed by atoms with Crippen molar-refractivity contribution in [3.63, 3.8) is 0 Å². The summed E-state index contributed by atoms with van der Waals surface area (Å²) in [6, 6.07) is 22.8. The van der Waals surface area contributed by atoms with Gasteiger partial charge in [0.1, 0.15) is 11.6 Å². The normalized spacial score (nSPS) is 10.7. The summed E-state index contributed by atoms with van der Waals surface area (Å²) in [6.45, 7) is 3.13. The van der Waals surface area contributed by atoms with Crippen LogP contribution in [0.4, 0.5) is 11.5 Å². The zero-order chi connectivity index (χ0) is 23.0. The van der Waals surface area contributed by atoms with Gasteiger partial charge in [-0.25, -0.2) is 9.97 Å². The highest BCUT2D eigenvalue weighted by molar-refractivity contribution is 7.99. The number of carbonyl (C=O) groups is 1. The number of carbonyl (C=O) groups excluding carboxylic acids is 1. The number of hydrogen-bond acceptors (Lipinski definition) is 6. The fraction of sp³-hybridized carbons (Fsp3) is 0.160. The Bertz CT molecular complexity index is 1230. The van der Waals surface area contributed by atoms with Gasteiger partial charge < -0.3 is 15.4 Å². The van der Waals surface area contributed by atoms with Gasteiger partial charge in [0, 0.05) is 22.6 Å². The quantitative estimate of drug-likeness (QED) is 0.226. The molecule has 8 heteroatoms. The van der Waals surface area contributed by atoms with Crippen molar-refractivity contribution in [2.24, 2.45) is 0 Å². The second kappa shape index (κ2) is 11.0. The molecule has 0 aliphatic rings. The highest BCUT2D eigenvalue weighted by atomic mass is 35.5. The SMILES string of the molecule is CCOc1ccc(NC(=O)CSc2nc(NCc3ccc(Cl)cc3)c3ccccc3n2)cc1. The number of thioether (sulfide) groups is 1. The van der Waals surface area contributed by atoms with Gasteiger partial charge in [-0.3, -0.25) is 4.79 Å². The predicted octanol–water partition coefficient (Wildman–Crippen LogP) is 6.02. The lowest BCUT2D eigenvalue weighted by Crippen LogP contribution is -2.14. The molecule has 0 saturated heterocycles. The van der Waals surface area contributed by atoms with Gasteiger partial charge in [0.05, 0.1) is 17.9 Å². The third kappa shape index (κ3) is 6.37. The molecular formula is C25H23ClN4O2S. The third-order valence-corrected chi connectivity index (χ3v) is 5.84. The first-order chi connectivity index (χ1) is 16.1. The van der Waals surface area contributed by atoms with Crippen LogP contribution >= 0.6 is 23.4 Å². The highest BCUT2D eigenvalue weighted by Gasteiger charge is 2.11. The van der Waals surface area contributed by atoms with Crippen LogP contribution in [0.5, 0.6) is 5.75 Å². The van der Waals surface area contributed by atoms with Gasteiger partial charge in [-0.05, 0) is 61.0 Å². The van der Waals surface area contributed by atoms with Crippen LogP contribution in [0, 0.1) is 0 Å². The summed E-state index contributed by atoms with van der Waals surface area (Å²) in [5, 5.41) is 8.44. The predicted molar refractivity (Wildman–Crippen MR) is 135 cm³/mol. The number of benzene rings is 3. The van der Waals surface area contributed by atoms with Gasteiger partial charge in [-0.15, -0.1) is 0 Å². The molecule has 1 heterocycles. The van der Waals surface area contributed by atoms with Gasteiger partial charge in [-0.1, -0.05) is 47.6 Å². The summed E-state index contributed by atoms with van der Waals surface area (Å²) in [4.78, 5) is 21.7. The summed E-state index contributed by atoms with van der Waals surface area (Å²) in [7, 11) is 0. The summed E-state index contributed by atoms with van der Waals surface area (Å²) in [6.07, 6.45) is 0. The Morgan fingerprint density at radius 3 is 2.52 bits per heavy atom. The minimum atomic E-state index is -0.128. The Labute approximate surface area is 201 Å². The van der Waals surface area contributed by atoms with E-state index in [0.29, 0.717) is 29.0 Å². The number of nitrogens with one attached hydrogen (secondary N) is 2. The average Bonchev–Trinajstić information content (AvgIpc) is 2.83. The molecule has 0 atom stereocenters. The van der Waals surface area contributed by atoms with Crippen molar-refractivity contribution in [1.82, 2.24) is 9.97 Å². The maximum absolute atomic E-state index is 12.4. The zero-order valence-electron chi connectivity index (χ0n) is 18.0. The molecule has 0 unspecified atom stereocenters. The number of para-hydroxylation sites is 1. The number of anilines is 2. The maximum Gasteiger partial charge on any atom is 0.234 e. The van der Waals surface area contributed by atoms with Gasteiger partial charge >= 0.3 is 0 Å². The highest BCUT2D eigenvalue weighted by Crippen LogP contribution is 2.25. The van der Waals surface area contributed by atoms with Crippen LogP contribution in [0.1, 0.15) is 12.5 Å². The molecule has 4 rings (SSSR count). The lowest BCUT2D eigenvalue weighted by molar-refractivity contribution is -0.113. The van der Waals surface area contributed by atoms with Crippen molar-refractivity contribution in [2.45, 2.75) is 18.6 Å². The first kappa shape index (κ1) is 22.9. The van der Waals surface area contributed by atoms with Crippen LogP contribution in [-0.4, -0.2) is 28.2 Å². The summed E-state index contributed by atoms with van der Waals surface area (Å²) in [5.74, 6) is 1.57. The first-order valence-electron chi connectivity index (χ1n) is 10.5. The van der Waals surface area contributed by atoms with Crippen LogP contribution in [0.15, 0.2) is 78.0 Å². The number of hydrogen-bond donors (Lipinski definition) is 2. The van der Waals surface area contributed by atoms with Crippen molar-refractivity contribution in [3.05, 3.63) is 83.4 Å². The molecule has 0 spiro atoms. The molecule has 0 saturated carbocycles. The van der Waals surface area contributed by atoms with E-state index in [2.05, 4.69) is 20.6 Å². The lowest BCUT2D eigenvalue weighted by Gasteiger charge is -2.11. The number of nitrogens with zero attached hydrogens (tertiary/aromatic N) is 2. The van der Waals surface area contributed by atoms with Crippen LogP contribution in [0.2, 0.25) is 5.02 Å². The van der Waals surface area contributed by atoms with Crippen molar-refractivity contribution in [1.29, 1.82) is 0 Å². The topological polar surface area (TPSA) is 76.1 Å². The summed E-state index contributed by atoms with van der Waals surface area (Å²) < 4.78 is 5.43. The van der Waals surface area contributed by atoms with E-state index < -0.39 is 0 Å². The Morgan fingerprint density at radius 2 is 1.76 bits per heavy atom. The van der Waals surface area contributed by atoms with Gasteiger partial charge in [0.2, 0.25) is 5.91 Å². The van der Waals surface area contributed by atoms with Gasteiger partial charge in [-0.2, -0.15) is 0 Å². The molecule has 4 aromatic rings. The van der Waals surface area contributed by atoms with Crippen molar-refractivity contribution in [2.75, 3.05) is 23.0 Å². The standard InChI is InChI=1S/C25H23ClN4O2S/c1-2-32-20-13-11-19(12-14-20)28-23(31)16-33-25-29-22-6-4-3-5-21(22)24(30-25)27-15-17-7-9-18(26)10-8-17/h3-14H,2,15-16H2,1H3,(H,28,31)(H,27,29,30). The number of halogens is 1. The van der Waals surface area contributed by atoms with Crippen molar-refractivity contribution < 1.29 is 9.53 Å². The first-order valence-corrected chi connectivity index (χ1v) is 11.9. The van der Waals surface area contributed by atoms with E-state index in [1.54, 1.807) is 0 Å². The molecule has 0 aliphatic carbocycles. The summed E-state index contributed by atoms with van der Waals surface area (Å²) >= 11 is 7.27. The number of fused-ring (bicyclic) bond motifs is 1. The molecule has 0 aliphatic heterocycles. The Balaban J connectivity index is 1.42. The van der Waals surface area contributed by atoms with Gasteiger partial charge in [0.25, 0.3) is 0 Å². The number of rotatable bonds is 9. The van der Waals surface area contributed by atoms with Gasteiger partial charge in [0.15, 0.2) is 5.16 Å². The zero-order valence-corrected chi connectivity index (χ0v) is 19.6. The molecule has 6 nitrogen and oxygen atoms in total. The van der Waals surface area contributed by atoms with Crippen LogP contribution in [-0.2, 0) is 11.3 Å². The fourth-order valence-corrected chi connectivity index (χ4v) is 3.95. The fourth-order valence-electron chi connectivity index (χ4n) is 3.17. The van der Waals surface area contributed by atoms with E-state index in [1.165, 1.54) is 11.8 Å². The monoisotopic (exact) mass is 478 g/mol. The molecule has 2 N–H and O–H groups in total. The van der Waals surface area contributed by atoms with Crippen LogP contribution in [0.3, 0.4) is 0 Å². The Hall–Kier alpha value is -3.29. The molecule has 0 fully saturated rings. The number of ether oxygens (including phenoxy) is 1. The smallest absolute Gasteiger partial charge is 0.234 e. The van der Waals surface area contributed by atoms with E-state index in [9.17, 15) is 4.79 Å². The van der Waals surface area contributed by atoms with E-state index in [4.69, 9.17) is 16.3 Å². The van der Waals surface area contributed by atoms with Crippen molar-refractivity contribution in [3.8, 4) is 5.75 Å². The molecular weight excluding hydrogens is 456 g/mol. The number of aromatic nitrogens is 2. The number of amides is 1. The van der Waals surface area contributed by atoms with E-state index in [0.717, 1.165) is 28.0 Å². The molecule has 1 aromatic heterocycles. The van der Waals surface area contributed by atoms with E-state index in [1.807, 2.05) is 79.7 Å². The Morgan fingerprint density at radius 1 is 1.00 bits per heavy atom.